The van der Waals surface area contributed by atoms with E-state index >= 15 is 0 Å². The van der Waals surface area contributed by atoms with Gasteiger partial charge in [-0.2, -0.15) is 0 Å². The first kappa shape index (κ1) is 7.10. The van der Waals surface area contributed by atoms with E-state index in [1.165, 1.54) is 0 Å². The molecule has 1 N–H and O–H groups in total. The van der Waals surface area contributed by atoms with E-state index in [4.69, 9.17) is 4.74 Å². The van der Waals surface area contributed by atoms with Crippen molar-refractivity contribution in [3.63, 3.8) is 0 Å². The number of carbonyl (C=O) groups excluding carboxylic acids is 1. The summed E-state index contributed by atoms with van der Waals surface area (Å²) in [5.41, 5.74) is 0.120. The average molecular weight is 155 g/mol. The molecule has 0 aromatic rings. The van der Waals surface area contributed by atoms with Crippen LogP contribution in [0.4, 0.5) is 0 Å². The van der Waals surface area contributed by atoms with Crippen molar-refractivity contribution >= 4 is 5.91 Å². The van der Waals surface area contributed by atoms with Gasteiger partial charge >= 0.3 is 0 Å². The third kappa shape index (κ3) is 1.13. The molecule has 0 bridgehead atoms. The Morgan fingerprint density at radius 1 is 1.73 bits per heavy atom. The van der Waals surface area contributed by atoms with Gasteiger partial charge in [-0.15, -0.1) is 0 Å². The first-order chi connectivity index (χ1) is 5.20. The molecule has 2 heterocycles. The molecule has 0 saturated carbocycles. The van der Waals surface area contributed by atoms with E-state index in [1.807, 2.05) is 0 Å². The van der Waals surface area contributed by atoms with Crippen LogP contribution in [0.2, 0.25) is 0 Å². The molecule has 1 amide bonds. The maximum Gasteiger partial charge on any atom is 0.222 e. The lowest BCUT2D eigenvalue weighted by atomic mass is 9.78. The van der Waals surface area contributed by atoms with Gasteiger partial charge in [-0.1, -0.05) is 0 Å². The van der Waals surface area contributed by atoms with Gasteiger partial charge in [0, 0.05) is 13.0 Å². The van der Waals surface area contributed by atoms with E-state index in [-0.39, 0.29) is 11.4 Å². The molecule has 0 radical (unpaired) electrons. The van der Waals surface area contributed by atoms with Gasteiger partial charge in [0.1, 0.15) is 0 Å². The third-order valence-electron chi connectivity index (χ3n) is 2.56. The standard InChI is InChI=1S/C8H13NO2/c1-6-4-8(2-3-11-6)5-7(10)9-8/h6H,2-5H2,1H3,(H,9,10). The molecule has 11 heavy (non-hydrogen) atoms. The number of amides is 1. The van der Waals surface area contributed by atoms with Crippen molar-refractivity contribution in [1.82, 2.24) is 5.32 Å². The highest BCUT2D eigenvalue weighted by molar-refractivity contribution is 5.84. The summed E-state index contributed by atoms with van der Waals surface area (Å²) in [7, 11) is 0. The number of ether oxygens (including phenoxy) is 1. The first-order valence-electron chi connectivity index (χ1n) is 4.13. The zero-order chi connectivity index (χ0) is 7.90. The summed E-state index contributed by atoms with van der Waals surface area (Å²) in [6.07, 6.45) is 2.99. The van der Waals surface area contributed by atoms with Crippen molar-refractivity contribution in [1.29, 1.82) is 0 Å². The highest BCUT2D eigenvalue weighted by atomic mass is 16.5. The fraction of sp³-hybridized carbons (Fsp3) is 0.875. The average Bonchev–Trinajstić information content (AvgIpc) is 1.84. The molecule has 2 rings (SSSR count). The third-order valence-corrected chi connectivity index (χ3v) is 2.56. The van der Waals surface area contributed by atoms with Gasteiger partial charge < -0.3 is 10.1 Å². The second kappa shape index (κ2) is 2.21. The molecule has 62 valence electrons. The Morgan fingerprint density at radius 2 is 2.45 bits per heavy atom. The fourth-order valence-corrected chi connectivity index (χ4v) is 2.03. The molecule has 3 nitrogen and oxygen atoms in total. The topological polar surface area (TPSA) is 38.3 Å². The second-order valence-corrected chi connectivity index (χ2v) is 3.64. The number of β-lactam (4-membered cyclic amide) rings is 1. The van der Waals surface area contributed by atoms with Gasteiger partial charge in [0.25, 0.3) is 0 Å². The molecular formula is C8H13NO2. The fourth-order valence-electron chi connectivity index (χ4n) is 2.03. The Balaban J connectivity index is 1.98. The lowest BCUT2D eigenvalue weighted by Crippen LogP contribution is -2.64. The minimum Gasteiger partial charge on any atom is -0.378 e. The van der Waals surface area contributed by atoms with Crippen molar-refractivity contribution in [2.24, 2.45) is 0 Å². The maximum absolute atomic E-state index is 10.7. The first-order valence-corrected chi connectivity index (χ1v) is 4.13. The van der Waals surface area contributed by atoms with Crippen molar-refractivity contribution in [2.75, 3.05) is 6.61 Å². The van der Waals surface area contributed by atoms with Gasteiger partial charge in [-0.25, -0.2) is 0 Å². The molecule has 0 aromatic carbocycles. The van der Waals surface area contributed by atoms with Gasteiger partial charge in [0.05, 0.1) is 11.6 Å². The van der Waals surface area contributed by atoms with Gasteiger partial charge in [0.15, 0.2) is 0 Å². The van der Waals surface area contributed by atoms with Crippen LogP contribution in [-0.2, 0) is 9.53 Å². The Hall–Kier alpha value is -0.570. The summed E-state index contributed by atoms with van der Waals surface area (Å²) >= 11 is 0. The predicted octanol–water partition coefficient (Wildman–Crippen LogP) is 0.444. The zero-order valence-electron chi connectivity index (χ0n) is 6.72. The Morgan fingerprint density at radius 3 is 3.00 bits per heavy atom. The number of hydrogen-bond acceptors (Lipinski definition) is 2. The summed E-state index contributed by atoms with van der Waals surface area (Å²) in [6, 6.07) is 0. The van der Waals surface area contributed by atoms with Crippen LogP contribution >= 0.6 is 0 Å². The SMILES string of the molecule is CC1CC2(CCO1)CC(=O)N2. The quantitative estimate of drug-likeness (QED) is 0.516. The lowest BCUT2D eigenvalue weighted by molar-refractivity contribution is -0.139. The molecule has 2 fully saturated rings. The minimum absolute atomic E-state index is 0.120. The van der Waals surface area contributed by atoms with Gasteiger partial charge in [0.2, 0.25) is 5.91 Å². The van der Waals surface area contributed by atoms with Crippen molar-refractivity contribution in [3.8, 4) is 0 Å². The summed E-state index contributed by atoms with van der Waals surface area (Å²) in [6.45, 7) is 2.85. The van der Waals surface area contributed by atoms with Gasteiger partial charge in [-0.3, -0.25) is 4.79 Å². The molecular weight excluding hydrogens is 142 g/mol. The van der Waals surface area contributed by atoms with E-state index in [0.717, 1.165) is 19.4 Å². The summed E-state index contributed by atoms with van der Waals surface area (Å²) in [5.74, 6) is 0.194. The zero-order valence-corrected chi connectivity index (χ0v) is 6.72. The van der Waals surface area contributed by atoms with E-state index in [2.05, 4.69) is 12.2 Å². The van der Waals surface area contributed by atoms with Crippen LogP contribution in [-0.4, -0.2) is 24.2 Å². The molecule has 2 saturated heterocycles. The van der Waals surface area contributed by atoms with Crippen LogP contribution in [0, 0.1) is 0 Å². The highest BCUT2D eigenvalue weighted by Crippen LogP contribution is 2.33. The Labute approximate surface area is 66.1 Å². The van der Waals surface area contributed by atoms with Crippen molar-refractivity contribution < 1.29 is 9.53 Å². The number of nitrogens with one attached hydrogen (secondary N) is 1. The molecule has 2 aliphatic heterocycles. The summed E-state index contributed by atoms with van der Waals surface area (Å²) in [4.78, 5) is 10.7. The van der Waals surface area contributed by atoms with Crippen molar-refractivity contribution in [2.45, 2.75) is 37.8 Å². The second-order valence-electron chi connectivity index (χ2n) is 3.64. The molecule has 1 spiro atoms. The van der Waals surface area contributed by atoms with Crippen LogP contribution in [0.5, 0.6) is 0 Å². The number of carbonyl (C=O) groups is 1. The molecule has 2 atom stereocenters. The van der Waals surface area contributed by atoms with E-state index in [0.29, 0.717) is 12.5 Å². The Kier molecular flexibility index (Phi) is 1.42. The van der Waals surface area contributed by atoms with Crippen LogP contribution in [0.25, 0.3) is 0 Å². The Bertz CT molecular complexity index is 183. The van der Waals surface area contributed by atoms with Crippen molar-refractivity contribution in [3.05, 3.63) is 0 Å². The summed E-state index contributed by atoms with van der Waals surface area (Å²) < 4.78 is 5.39. The number of hydrogen-bond donors (Lipinski definition) is 1. The smallest absolute Gasteiger partial charge is 0.222 e. The summed E-state index contributed by atoms with van der Waals surface area (Å²) in [5, 5.41) is 2.97. The normalized spacial score (nSPS) is 43.4. The molecule has 2 aliphatic rings. The largest absolute Gasteiger partial charge is 0.378 e. The lowest BCUT2D eigenvalue weighted by Gasteiger charge is -2.46. The minimum atomic E-state index is 0.120. The molecule has 0 aromatic heterocycles. The predicted molar refractivity (Wildman–Crippen MR) is 40.1 cm³/mol. The van der Waals surface area contributed by atoms with Crippen LogP contribution in [0.3, 0.4) is 0 Å². The van der Waals surface area contributed by atoms with E-state index in [9.17, 15) is 4.79 Å². The molecule has 0 aliphatic carbocycles. The maximum atomic E-state index is 10.7. The van der Waals surface area contributed by atoms with Crippen LogP contribution in [0.1, 0.15) is 26.2 Å². The highest BCUT2D eigenvalue weighted by Gasteiger charge is 2.45. The molecule has 3 heteroatoms. The van der Waals surface area contributed by atoms with E-state index in [1.54, 1.807) is 0 Å². The van der Waals surface area contributed by atoms with Crippen LogP contribution < -0.4 is 5.32 Å². The van der Waals surface area contributed by atoms with E-state index < -0.39 is 0 Å². The van der Waals surface area contributed by atoms with Gasteiger partial charge in [-0.05, 0) is 19.8 Å². The van der Waals surface area contributed by atoms with Crippen LogP contribution in [0.15, 0.2) is 0 Å². The molecule has 2 unspecified atom stereocenters. The number of rotatable bonds is 0. The monoisotopic (exact) mass is 155 g/mol.